The van der Waals surface area contributed by atoms with Crippen LogP contribution in [0.3, 0.4) is 0 Å². The number of nitrogens with two attached hydrogens (primary N) is 1. The lowest BCUT2D eigenvalue weighted by Gasteiger charge is -2.29. The zero-order valence-electron chi connectivity index (χ0n) is 12.1. The second-order valence-electron chi connectivity index (χ2n) is 5.67. The largest absolute Gasteiger partial charge is 0.383 e. The Kier molecular flexibility index (Phi) is 3.22. The molecule has 1 fully saturated rings. The molecule has 1 aliphatic carbocycles. The lowest BCUT2D eigenvalue weighted by molar-refractivity contribution is 0.461. The topological polar surface area (TPSA) is 50.9 Å². The van der Waals surface area contributed by atoms with Gasteiger partial charge in [0.05, 0.1) is 0 Å². The summed E-state index contributed by atoms with van der Waals surface area (Å²) >= 11 is 0. The molecule has 0 bridgehead atoms. The molecule has 3 rings (SSSR count). The van der Waals surface area contributed by atoms with Crippen LogP contribution < -0.4 is 11.1 Å². The van der Waals surface area contributed by atoms with Gasteiger partial charge in [-0.2, -0.15) is 0 Å². The molecule has 1 aromatic heterocycles. The van der Waals surface area contributed by atoms with E-state index < -0.39 is 0 Å². The van der Waals surface area contributed by atoms with E-state index in [0.29, 0.717) is 5.82 Å². The summed E-state index contributed by atoms with van der Waals surface area (Å²) in [5, 5.41) is 3.48. The first kappa shape index (κ1) is 13.1. The average molecular weight is 267 g/mol. The van der Waals surface area contributed by atoms with Crippen molar-refractivity contribution in [3.05, 3.63) is 59.3 Å². The summed E-state index contributed by atoms with van der Waals surface area (Å²) < 4.78 is 0. The van der Waals surface area contributed by atoms with Crippen LogP contribution in [0.25, 0.3) is 0 Å². The minimum absolute atomic E-state index is 0.165. The average Bonchev–Trinajstić information content (AvgIpc) is 3.25. The molecule has 104 valence electrons. The van der Waals surface area contributed by atoms with Crippen LogP contribution in [0, 0.1) is 6.92 Å². The maximum atomic E-state index is 6.15. The summed E-state index contributed by atoms with van der Waals surface area (Å²) in [7, 11) is 2.01. The number of nitrogens with one attached hydrogen (secondary N) is 1. The normalized spacial score (nSPS) is 17.7. The smallest absolute Gasteiger partial charge is 0.128 e. The van der Waals surface area contributed by atoms with Crippen molar-refractivity contribution in [1.29, 1.82) is 0 Å². The highest BCUT2D eigenvalue weighted by molar-refractivity contribution is 5.50. The Bertz CT molecular complexity index is 583. The zero-order chi connectivity index (χ0) is 14.2. The maximum Gasteiger partial charge on any atom is 0.128 e. The Labute approximate surface area is 120 Å². The van der Waals surface area contributed by atoms with E-state index in [0.717, 1.165) is 5.56 Å². The maximum absolute atomic E-state index is 6.15. The molecule has 2 aromatic rings. The van der Waals surface area contributed by atoms with E-state index in [1.165, 1.54) is 24.0 Å². The molecule has 0 radical (unpaired) electrons. The van der Waals surface area contributed by atoms with Crippen LogP contribution in [0.1, 0.15) is 35.6 Å². The van der Waals surface area contributed by atoms with Crippen molar-refractivity contribution in [3.63, 3.8) is 0 Å². The predicted molar refractivity (Wildman–Crippen MR) is 82.5 cm³/mol. The van der Waals surface area contributed by atoms with E-state index in [-0.39, 0.29) is 11.5 Å². The van der Waals surface area contributed by atoms with Gasteiger partial charge < -0.3 is 11.1 Å². The SMILES string of the molecule is CNC(c1c(C)ccnc1N)C1(c2ccccc2)CC1. The Balaban J connectivity index is 2.07. The lowest BCUT2D eigenvalue weighted by Crippen LogP contribution is -2.31. The molecule has 1 aromatic carbocycles. The summed E-state index contributed by atoms with van der Waals surface area (Å²) in [6.07, 6.45) is 4.16. The molecule has 1 atom stereocenters. The number of likely N-dealkylation sites (N-methyl/N-ethyl adjacent to an activating group) is 1. The quantitative estimate of drug-likeness (QED) is 0.895. The van der Waals surface area contributed by atoms with Crippen LogP contribution in [-0.4, -0.2) is 12.0 Å². The molecule has 3 heteroatoms. The van der Waals surface area contributed by atoms with E-state index in [2.05, 4.69) is 47.6 Å². The summed E-state index contributed by atoms with van der Waals surface area (Å²) in [6, 6.07) is 13.0. The third-order valence-corrected chi connectivity index (χ3v) is 4.51. The molecular weight excluding hydrogens is 246 g/mol. The number of pyridine rings is 1. The fourth-order valence-electron chi connectivity index (χ4n) is 3.31. The molecule has 1 saturated carbocycles. The number of benzene rings is 1. The van der Waals surface area contributed by atoms with Crippen molar-refractivity contribution >= 4 is 5.82 Å². The van der Waals surface area contributed by atoms with E-state index in [1.54, 1.807) is 6.20 Å². The first-order valence-electron chi connectivity index (χ1n) is 7.13. The number of nitrogen functional groups attached to an aromatic ring is 1. The van der Waals surface area contributed by atoms with Crippen molar-refractivity contribution in [2.45, 2.75) is 31.2 Å². The van der Waals surface area contributed by atoms with Crippen molar-refractivity contribution in [1.82, 2.24) is 10.3 Å². The number of anilines is 1. The van der Waals surface area contributed by atoms with Gasteiger partial charge in [0, 0.05) is 23.2 Å². The van der Waals surface area contributed by atoms with Crippen molar-refractivity contribution in [3.8, 4) is 0 Å². The van der Waals surface area contributed by atoms with E-state index in [4.69, 9.17) is 5.73 Å². The molecule has 0 spiro atoms. The molecule has 3 N–H and O–H groups in total. The predicted octanol–water partition coefficient (Wildman–Crippen LogP) is 2.96. The minimum atomic E-state index is 0.165. The van der Waals surface area contributed by atoms with Gasteiger partial charge in [0.2, 0.25) is 0 Å². The van der Waals surface area contributed by atoms with Gasteiger partial charge in [0.25, 0.3) is 0 Å². The van der Waals surface area contributed by atoms with E-state index in [1.807, 2.05) is 13.1 Å². The van der Waals surface area contributed by atoms with E-state index in [9.17, 15) is 0 Å². The van der Waals surface area contributed by atoms with Crippen molar-refractivity contribution < 1.29 is 0 Å². The van der Waals surface area contributed by atoms with E-state index >= 15 is 0 Å². The molecular formula is C17H21N3. The first-order chi connectivity index (χ1) is 9.69. The van der Waals surface area contributed by atoms with Gasteiger partial charge in [-0.3, -0.25) is 0 Å². The standard InChI is InChI=1S/C17H21N3/c1-12-8-11-20-16(18)14(12)15(19-2)17(9-10-17)13-6-4-3-5-7-13/h3-8,11,15,19H,9-10H2,1-2H3,(H2,18,20). The molecule has 1 unspecified atom stereocenters. The molecule has 0 saturated heterocycles. The summed E-state index contributed by atoms with van der Waals surface area (Å²) in [5.74, 6) is 0.645. The first-order valence-corrected chi connectivity index (χ1v) is 7.13. The molecule has 0 aliphatic heterocycles. The van der Waals surface area contributed by atoms with Gasteiger partial charge in [-0.25, -0.2) is 4.98 Å². The van der Waals surface area contributed by atoms with Crippen molar-refractivity contribution in [2.24, 2.45) is 0 Å². The fourth-order valence-corrected chi connectivity index (χ4v) is 3.31. The van der Waals surface area contributed by atoms with Crippen LogP contribution in [-0.2, 0) is 5.41 Å². The number of nitrogens with zero attached hydrogens (tertiary/aromatic N) is 1. The summed E-state index contributed by atoms with van der Waals surface area (Å²) in [6.45, 7) is 2.11. The molecule has 1 aliphatic rings. The van der Waals surface area contributed by atoms with Gasteiger partial charge in [-0.1, -0.05) is 30.3 Å². The third kappa shape index (κ3) is 1.98. The van der Waals surface area contributed by atoms with Gasteiger partial charge in [-0.15, -0.1) is 0 Å². The number of aryl methyl sites for hydroxylation is 1. The molecule has 0 amide bonds. The highest BCUT2D eigenvalue weighted by Crippen LogP contribution is 2.57. The Morgan fingerprint density at radius 3 is 2.45 bits per heavy atom. The molecule has 20 heavy (non-hydrogen) atoms. The minimum Gasteiger partial charge on any atom is -0.383 e. The lowest BCUT2D eigenvalue weighted by atomic mass is 9.82. The van der Waals surface area contributed by atoms with Crippen LogP contribution in [0.15, 0.2) is 42.6 Å². The van der Waals surface area contributed by atoms with Crippen LogP contribution in [0.5, 0.6) is 0 Å². The summed E-state index contributed by atoms with van der Waals surface area (Å²) in [5.41, 5.74) is 10.1. The highest BCUT2D eigenvalue weighted by atomic mass is 14.9. The second-order valence-corrected chi connectivity index (χ2v) is 5.67. The monoisotopic (exact) mass is 267 g/mol. The molecule has 3 nitrogen and oxygen atoms in total. The zero-order valence-corrected chi connectivity index (χ0v) is 12.1. The van der Waals surface area contributed by atoms with Crippen LogP contribution >= 0.6 is 0 Å². The third-order valence-electron chi connectivity index (χ3n) is 4.51. The number of aromatic nitrogens is 1. The molecule has 1 heterocycles. The number of hydrogen-bond acceptors (Lipinski definition) is 3. The second kappa shape index (κ2) is 4.91. The van der Waals surface area contributed by atoms with Gasteiger partial charge in [0.15, 0.2) is 0 Å². The van der Waals surface area contributed by atoms with Crippen LogP contribution in [0.4, 0.5) is 5.82 Å². The highest BCUT2D eigenvalue weighted by Gasteiger charge is 2.51. The van der Waals surface area contributed by atoms with Gasteiger partial charge in [-0.05, 0) is 44.0 Å². The van der Waals surface area contributed by atoms with Gasteiger partial charge in [0.1, 0.15) is 5.82 Å². The number of rotatable bonds is 4. The van der Waals surface area contributed by atoms with Gasteiger partial charge >= 0.3 is 0 Å². The Hall–Kier alpha value is -1.87. The number of hydrogen-bond donors (Lipinski definition) is 2. The summed E-state index contributed by atoms with van der Waals surface area (Å²) in [4.78, 5) is 4.28. The van der Waals surface area contributed by atoms with Crippen LogP contribution in [0.2, 0.25) is 0 Å². The fraction of sp³-hybridized carbons (Fsp3) is 0.353. The Morgan fingerprint density at radius 1 is 1.20 bits per heavy atom. The van der Waals surface area contributed by atoms with Crippen molar-refractivity contribution in [2.75, 3.05) is 12.8 Å². The Morgan fingerprint density at radius 2 is 1.90 bits per heavy atom.